The lowest BCUT2D eigenvalue weighted by atomic mass is 9.58. The Hall–Kier alpha value is -1.02. The van der Waals surface area contributed by atoms with E-state index in [9.17, 15) is 0 Å². The summed E-state index contributed by atoms with van der Waals surface area (Å²) in [7, 11) is 2.07. The van der Waals surface area contributed by atoms with Gasteiger partial charge in [-0.3, -0.25) is 0 Å². The van der Waals surface area contributed by atoms with E-state index < -0.39 is 0 Å². The van der Waals surface area contributed by atoms with Crippen molar-refractivity contribution >= 4 is 0 Å². The van der Waals surface area contributed by atoms with Crippen molar-refractivity contribution in [2.75, 3.05) is 7.05 Å². The third-order valence-electron chi connectivity index (χ3n) is 5.45. The molecule has 1 aliphatic rings. The minimum absolute atomic E-state index is 0.197. The van der Waals surface area contributed by atoms with Crippen LogP contribution in [0.5, 0.6) is 5.75 Å². The number of benzene rings is 1. The second-order valence-corrected chi connectivity index (χ2v) is 7.40. The van der Waals surface area contributed by atoms with Crippen LogP contribution in [0.2, 0.25) is 0 Å². The molecule has 1 N–H and O–H groups in total. The van der Waals surface area contributed by atoms with E-state index in [1.54, 1.807) is 0 Å². The molecule has 2 rings (SSSR count). The fourth-order valence-corrected chi connectivity index (χ4v) is 3.71. The maximum atomic E-state index is 6.31. The molecule has 0 spiro atoms. The maximum Gasteiger partial charge on any atom is 0.119 e. The topological polar surface area (TPSA) is 21.3 Å². The maximum absolute atomic E-state index is 6.31. The Morgan fingerprint density at radius 1 is 1.14 bits per heavy atom. The van der Waals surface area contributed by atoms with E-state index in [1.807, 2.05) is 0 Å². The predicted octanol–water partition coefficient (Wildman–Crippen LogP) is 4.53. The van der Waals surface area contributed by atoms with Crippen LogP contribution in [0.1, 0.15) is 59.4 Å². The van der Waals surface area contributed by atoms with Crippen LogP contribution in [0.3, 0.4) is 0 Å². The molecule has 118 valence electrons. The molecule has 1 aromatic rings. The number of ether oxygens (including phenoxy) is 1. The normalized spacial score (nSPS) is 24.5. The standard InChI is InChI=1S/C19H31NO/c1-7-19(8-2)16(20-6)13-17(19)21-15-11-9-14(10-12-15)18(3,4)5/h9-12,16-17,20H,7-8,13H2,1-6H3. The summed E-state index contributed by atoms with van der Waals surface area (Å²) in [6, 6.07) is 9.24. The second kappa shape index (κ2) is 6.00. The van der Waals surface area contributed by atoms with Crippen molar-refractivity contribution in [1.82, 2.24) is 5.32 Å². The predicted molar refractivity (Wildman–Crippen MR) is 90.0 cm³/mol. The van der Waals surface area contributed by atoms with Crippen molar-refractivity contribution in [1.29, 1.82) is 0 Å². The lowest BCUT2D eigenvalue weighted by Crippen LogP contribution is -2.63. The van der Waals surface area contributed by atoms with E-state index in [0.29, 0.717) is 12.1 Å². The van der Waals surface area contributed by atoms with Gasteiger partial charge in [-0.05, 0) is 43.0 Å². The Morgan fingerprint density at radius 2 is 1.71 bits per heavy atom. The van der Waals surface area contributed by atoms with E-state index in [0.717, 1.165) is 12.2 Å². The summed E-state index contributed by atoms with van der Waals surface area (Å²) in [5.41, 5.74) is 1.84. The Balaban J connectivity index is 2.09. The molecule has 2 atom stereocenters. The summed E-state index contributed by atoms with van der Waals surface area (Å²) in [4.78, 5) is 0. The summed E-state index contributed by atoms with van der Waals surface area (Å²) < 4.78 is 6.31. The molecular formula is C19H31NO. The molecular weight excluding hydrogens is 258 g/mol. The first-order valence-corrected chi connectivity index (χ1v) is 8.32. The Labute approximate surface area is 130 Å². The summed E-state index contributed by atoms with van der Waals surface area (Å²) in [6.07, 6.45) is 3.78. The van der Waals surface area contributed by atoms with Crippen LogP contribution in [0.25, 0.3) is 0 Å². The molecule has 0 amide bonds. The quantitative estimate of drug-likeness (QED) is 0.860. The second-order valence-electron chi connectivity index (χ2n) is 7.40. The first kappa shape index (κ1) is 16.4. The van der Waals surface area contributed by atoms with Gasteiger partial charge in [0.15, 0.2) is 0 Å². The van der Waals surface area contributed by atoms with Gasteiger partial charge < -0.3 is 10.1 Å². The van der Waals surface area contributed by atoms with E-state index in [-0.39, 0.29) is 10.8 Å². The van der Waals surface area contributed by atoms with E-state index in [2.05, 4.69) is 71.2 Å². The summed E-state index contributed by atoms with van der Waals surface area (Å²) in [5, 5.41) is 3.46. The zero-order valence-corrected chi connectivity index (χ0v) is 14.5. The van der Waals surface area contributed by atoms with Crippen molar-refractivity contribution in [3.8, 4) is 5.75 Å². The molecule has 2 nitrogen and oxygen atoms in total. The molecule has 2 unspecified atom stereocenters. The van der Waals surface area contributed by atoms with Gasteiger partial charge in [0.1, 0.15) is 11.9 Å². The number of nitrogens with one attached hydrogen (secondary N) is 1. The highest BCUT2D eigenvalue weighted by atomic mass is 16.5. The van der Waals surface area contributed by atoms with E-state index >= 15 is 0 Å². The molecule has 0 radical (unpaired) electrons. The monoisotopic (exact) mass is 289 g/mol. The summed E-state index contributed by atoms with van der Waals surface area (Å²) >= 11 is 0. The van der Waals surface area contributed by atoms with Crippen molar-refractivity contribution in [2.24, 2.45) is 5.41 Å². The third-order valence-corrected chi connectivity index (χ3v) is 5.45. The summed E-state index contributed by atoms with van der Waals surface area (Å²) in [5.74, 6) is 1.01. The van der Waals surface area contributed by atoms with Crippen LogP contribution in [0.15, 0.2) is 24.3 Å². The Bertz CT molecular complexity index is 453. The van der Waals surface area contributed by atoms with Gasteiger partial charge in [-0.2, -0.15) is 0 Å². The van der Waals surface area contributed by atoms with Crippen molar-refractivity contribution in [3.63, 3.8) is 0 Å². The molecule has 2 heteroatoms. The fourth-order valence-electron chi connectivity index (χ4n) is 3.71. The number of rotatable bonds is 5. The first-order valence-electron chi connectivity index (χ1n) is 8.32. The molecule has 0 bridgehead atoms. The molecule has 0 aliphatic heterocycles. The van der Waals surface area contributed by atoms with Crippen LogP contribution in [-0.2, 0) is 5.41 Å². The van der Waals surface area contributed by atoms with Crippen molar-refractivity contribution in [2.45, 2.75) is 71.4 Å². The fraction of sp³-hybridized carbons (Fsp3) is 0.684. The lowest BCUT2D eigenvalue weighted by molar-refractivity contribution is -0.0835. The average Bonchev–Trinajstić information content (AvgIpc) is 2.44. The van der Waals surface area contributed by atoms with Gasteiger partial charge in [-0.15, -0.1) is 0 Å². The average molecular weight is 289 g/mol. The minimum atomic E-state index is 0.197. The molecule has 21 heavy (non-hydrogen) atoms. The zero-order valence-electron chi connectivity index (χ0n) is 14.5. The van der Waals surface area contributed by atoms with Gasteiger partial charge in [0, 0.05) is 17.9 Å². The lowest BCUT2D eigenvalue weighted by Gasteiger charge is -2.55. The van der Waals surface area contributed by atoms with Crippen LogP contribution in [-0.4, -0.2) is 19.2 Å². The molecule has 1 aliphatic carbocycles. The van der Waals surface area contributed by atoms with Crippen LogP contribution in [0.4, 0.5) is 0 Å². The molecule has 0 saturated heterocycles. The SMILES string of the molecule is CCC1(CC)C(NC)CC1Oc1ccc(C(C)(C)C)cc1. The molecule has 0 heterocycles. The van der Waals surface area contributed by atoms with Gasteiger partial charge in [0.05, 0.1) is 0 Å². The highest BCUT2D eigenvalue weighted by Gasteiger charge is 2.53. The first-order chi connectivity index (χ1) is 9.87. The molecule has 1 saturated carbocycles. The number of hydrogen-bond acceptors (Lipinski definition) is 2. The van der Waals surface area contributed by atoms with Crippen molar-refractivity contribution in [3.05, 3.63) is 29.8 Å². The smallest absolute Gasteiger partial charge is 0.119 e. The molecule has 1 aromatic carbocycles. The van der Waals surface area contributed by atoms with Gasteiger partial charge in [0.2, 0.25) is 0 Å². The van der Waals surface area contributed by atoms with Crippen LogP contribution < -0.4 is 10.1 Å². The largest absolute Gasteiger partial charge is 0.490 e. The minimum Gasteiger partial charge on any atom is -0.490 e. The summed E-state index contributed by atoms with van der Waals surface area (Å²) in [6.45, 7) is 11.3. The van der Waals surface area contributed by atoms with Crippen LogP contribution in [0, 0.1) is 5.41 Å². The van der Waals surface area contributed by atoms with Crippen LogP contribution >= 0.6 is 0 Å². The third kappa shape index (κ3) is 2.96. The van der Waals surface area contributed by atoms with Gasteiger partial charge in [0.25, 0.3) is 0 Å². The van der Waals surface area contributed by atoms with Crippen molar-refractivity contribution < 1.29 is 4.74 Å². The van der Waals surface area contributed by atoms with Gasteiger partial charge >= 0.3 is 0 Å². The zero-order chi connectivity index (χ0) is 15.7. The van der Waals surface area contributed by atoms with E-state index in [4.69, 9.17) is 4.74 Å². The van der Waals surface area contributed by atoms with Gasteiger partial charge in [-0.1, -0.05) is 46.8 Å². The molecule has 0 aromatic heterocycles. The highest BCUT2D eigenvalue weighted by Crippen LogP contribution is 2.48. The molecule has 1 fully saturated rings. The number of hydrogen-bond donors (Lipinski definition) is 1. The highest BCUT2D eigenvalue weighted by molar-refractivity contribution is 5.31. The van der Waals surface area contributed by atoms with Gasteiger partial charge in [-0.25, -0.2) is 0 Å². The van der Waals surface area contributed by atoms with E-state index in [1.165, 1.54) is 18.4 Å². The Morgan fingerprint density at radius 3 is 2.14 bits per heavy atom. The Kier molecular flexibility index (Phi) is 4.67.